The van der Waals surface area contributed by atoms with Crippen molar-refractivity contribution in [3.63, 3.8) is 0 Å². The van der Waals surface area contributed by atoms with Crippen LogP contribution in [0.5, 0.6) is 0 Å². The molecule has 0 unspecified atom stereocenters. The molecule has 0 radical (unpaired) electrons. The second-order valence-electron chi connectivity index (χ2n) is 6.64. The van der Waals surface area contributed by atoms with Gasteiger partial charge in [0.15, 0.2) is 0 Å². The molecule has 0 fully saturated rings. The van der Waals surface area contributed by atoms with Crippen LogP contribution >= 0.6 is 11.8 Å². The van der Waals surface area contributed by atoms with Gasteiger partial charge in [-0.2, -0.15) is 0 Å². The smallest absolute Gasteiger partial charge is 0.332 e. The van der Waals surface area contributed by atoms with Gasteiger partial charge in [-0.05, 0) is 48.7 Å². The van der Waals surface area contributed by atoms with Crippen molar-refractivity contribution in [1.82, 2.24) is 9.13 Å². The van der Waals surface area contributed by atoms with Gasteiger partial charge in [-0.1, -0.05) is 18.2 Å². The van der Waals surface area contributed by atoms with Gasteiger partial charge >= 0.3 is 5.69 Å². The van der Waals surface area contributed by atoms with Gasteiger partial charge in [-0.3, -0.25) is 18.7 Å². The summed E-state index contributed by atoms with van der Waals surface area (Å²) in [5.41, 5.74) is 0.0729. The monoisotopic (exact) mass is 421 g/mol. The van der Waals surface area contributed by atoms with Gasteiger partial charge in [0.1, 0.15) is 12.3 Å². The molecular formula is C22H19N3O4S. The molecule has 0 aliphatic rings. The molecule has 2 heterocycles. The maximum atomic E-state index is 13.1. The quantitative estimate of drug-likeness (QED) is 0.483. The Bertz CT molecular complexity index is 1320. The van der Waals surface area contributed by atoms with Crippen LogP contribution in [0.4, 0.5) is 5.69 Å². The second-order valence-corrected chi connectivity index (χ2v) is 7.52. The molecule has 8 heteroatoms. The van der Waals surface area contributed by atoms with E-state index in [1.807, 2.05) is 24.5 Å². The highest BCUT2D eigenvalue weighted by molar-refractivity contribution is 7.98. The van der Waals surface area contributed by atoms with E-state index in [1.165, 1.54) is 10.8 Å². The van der Waals surface area contributed by atoms with Crippen LogP contribution in [0.15, 0.2) is 85.8 Å². The first kappa shape index (κ1) is 19.8. The molecule has 4 aromatic rings. The molecule has 1 amide bonds. The van der Waals surface area contributed by atoms with Gasteiger partial charge in [0, 0.05) is 10.6 Å². The molecule has 152 valence electrons. The third kappa shape index (κ3) is 3.95. The molecule has 0 bridgehead atoms. The van der Waals surface area contributed by atoms with E-state index in [4.69, 9.17) is 4.42 Å². The number of thioether (sulfide) groups is 1. The summed E-state index contributed by atoms with van der Waals surface area (Å²) in [6.45, 7) is -0.228. The number of nitrogens with zero attached hydrogens (tertiary/aromatic N) is 2. The Morgan fingerprint density at radius 2 is 1.87 bits per heavy atom. The number of hydrogen-bond acceptors (Lipinski definition) is 5. The van der Waals surface area contributed by atoms with Crippen LogP contribution in [0.2, 0.25) is 0 Å². The highest BCUT2D eigenvalue weighted by atomic mass is 32.2. The number of rotatable bonds is 6. The Kier molecular flexibility index (Phi) is 5.58. The number of fused-ring (bicyclic) bond motifs is 1. The zero-order valence-corrected chi connectivity index (χ0v) is 17.0. The van der Waals surface area contributed by atoms with E-state index in [0.29, 0.717) is 22.4 Å². The molecule has 0 saturated heterocycles. The number of amides is 1. The lowest BCUT2D eigenvalue weighted by molar-refractivity contribution is -0.116. The van der Waals surface area contributed by atoms with Crippen molar-refractivity contribution >= 4 is 34.3 Å². The lowest BCUT2D eigenvalue weighted by atomic mass is 10.2. The topological polar surface area (TPSA) is 86.2 Å². The summed E-state index contributed by atoms with van der Waals surface area (Å²) < 4.78 is 7.69. The van der Waals surface area contributed by atoms with Gasteiger partial charge in [0.25, 0.3) is 5.56 Å². The van der Waals surface area contributed by atoms with Gasteiger partial charge in [0.2, 0.25) is 5.91 Å². The third-order valence-electron chi connectivity index (χ3n) is 4.68. The van der Waals surface area contributed by atoms with Crippen molar-refractivity contribution < 1.29 is 9.21 Å². The summed E-state index contributed by atoms with van der Waals surface area (Å²) in [5, 5.41) is 3.18. The molecular weight excluding hydrogens is 402 g/mol. The number of nitrogens with one attached hydrogen (secondary N) is 1. The van der Waals surface area contributed by atoms with Crippen LogP contribution in [0.1, 0.15) is 5.76 Å². The first-order valence-electron chi connectivity index (χ1n) is 9.25. The van der Waals surface area contributed by atoms with Crippen molar-refractivity contribution in [2.45, 2.75) is 18.0 Å². The number of carbonyl (C=O) groups excluding carboxylic acids is 1. The molecule has 0 aliphatic heterocycles. The van der Waals surface area contributed by atoms with E-state index in [2.05, 4.69) is 5.32 Å². The third-order valence-corrected chi connectivity index (χ3v) is 5.41. The standard InChI is InChI=1S/C22H19N3O4S/c1-30-17-8-4-6-15(12-17)23-20(26)14-24-19-10-3-2-9-18(19)21(27)25(22(24)28)13-16-7-5-11-29-16/h2-12H,13-14H2,1H3,(H,23,26). The Morgan fingerprint density at radius 3 is 2.63 bits per heavy atom. The minimum absolute atomic E-state index is 0.00706. The van der Waals surface area contributed by atoms with Gasteiger partial charge in [0.05, 0.1) is 23.7 Å². The largest absolute Gasteiger partial charge is 0.467 e. The van der Waals surface area contributed by atoms with Crippen LogP contribution in [0.3, 0.4) is 0 Å². The van der Waals surface area contributed by atoms with Crippen LogP contribution in [0.25, 0.3) is 10.9 Å². The average molecular weight is 421 g/mol. The SMILES string of the molecule is CSc1cccc(NC(=O)Cn2c(=O)n(Cc3ccco3)c(=O)c3ccccc32)c1. The lowest BCUT2D eigenvalue weighted by Crippen LogP contribution is -2.42. The van der Waals surface area contributed by atoms with Gasteiger partial charge in [-0.15, -0.1) is 11.8 Å². The number of hydrogen-bond donors (Lipinski definition) is 1. The van der Waals surface area contributed by atoms with Crippen molar-refractivity contribution in [3.05, 3.63) is 93.5 Å². The summed E-state index contributed by atoms with van der Waals surface area (Å²) in [6.07, 6.45) is 3.44. The Morgan fingerprint density at radius 1 is 1.03 bits per heavy atom. The van der Waals surface area contributed by atoms with E-state index >= 15 is 0 Å². The van der Waals surface area contributed by atoms with Crippen molar-refractivity contribution in [3.8, 4) is 0 Å². The van der Waals surface area contributed by atoms with Crippen molar-refractivity contribution in [2.24, 2.45) is 0 Å². The summed E-state index contributed by atoms with van der Waals surface area (Å²) in [4.78, 5) is 39.7. The number of aromatic nitrogens is 2. The summed E-state index contributed by atoms with van der Waals surface area (Å²) in [5.74, 6) is 0.123. The molecule has 0 saturated carbocycles. The van der Waals surface area contributed by atoms with E-state index < -0.39 is 11.2 Å². The molecule has 7 nitrogen and oxygen atoms in total. The molecule has 2 aromatic heterocycles. The highest BCUT2D eigenvalue weighted by Gasteiger charge is 2.16. The van der Waals surface area contributed by atoms with Gasteiger partial charge < -0.3 is 9.73 Å². The fourth-order valence-electron chi connectivity index (χ4n) is 3.27. The number of furan rings is 1. The normalized spacial score (nSPS) is 11.0. The van der Waals surface area contributed by atoms with E-state index in [0.717, 1.165) is 9.46 Å². The first-order valence-corrected chi connectivity index (χ1v) is 10.5. The zero-order chi connectivity index (χ0) is 21.1. The predicted molar refractivity (Wildman–Crippen MR) is 117 cm³/mol. The van der Waals surface area contributed by atoms with E-state index in [1.54, 1.807) is 54.2 Å². The fraction of sp³-hybridized carbons (Fsp3) is 0.136. The molecule has 0 spiro atoms. The number of carbonyl (C=O) groups is 1. The average Bonchev–Trinajstić information content (AvgIpc) is 3.27. The minimum Gasteiger partial charge on any atom is -0.467 e. The van der Waals surface area contributed by atoms with Crippen LogP contribution in [-0.2, 0) is 17.9 Å². The minimum atomic E-state index is -0.567. The van der Waals surface area contributed by atoms with Crippen LogP contribution in [0, 0.1) is 0 Å². The van der Waals surface area contributed by atoms with Crippen molar-refractivity contribution in [2.75, 3.05) is 11.6 Å². The van der Waals surface area contributed by atoms with Crippen LogP contribution < -0.4 is 16.6 Å². The summed E-state index contributed by atoms with van der Waals surface area (Å²) >= 11 is 1.57. The maximum absolute atomic E-state index is 13.1. The first-order chi connectivity index (χ1) is 14.6. The molecule has 1 N–H and O–H groups in total. The summed E-state index contributed by atoms with van der Waals surface area (Å²) in [7, 11) is 0. The maximum Gasteiger partial charge on any atom is 0.332 e. The van der Waals surface area contributed by atoms with E-state index in [9.17, 15) is 14.4 Å². The van der Waals surface area contributed by atoms with E-state index in [-0.39, 0.29) is 19.0 Å². The lowest BCUT2D eigenvalue weighted by Gasteiger charge is -2.14. The Hall–Kier alpha value is -3.52. The van der Waals surface area contributed by atoms with Crippen molar-refractivity contribution in [1.29, 1.82) is 0 Å². The number of anilines is 1. The molecule has 4 rings (SSSR count). The second kappa shape index (κ2) is 8.46. The Labute approximate surface area is 175 Å². The fourth-order valence-corrected chi connectivity index (χ4v) is 3.73. The van der Waals surface area contributed by atoms with Crippen LogP contribution in [-0.4, -0.2) is 21.3 Å². The number of benzene rings is 2. The Balaban J connectivity index is 1.73. The highest BCUT2D eigenvalue weighted by Crippen LogP contribution is 2.19. The molecule has 30 heavy (non-hydrogen) atoms. The molecule has 0 atom stereocenters. The predicted octanol–water partition coefficient (Wildman–Crippen LogP) is 3.17. The molecule has 0 aliphatic carbocycles. The summed E-state index contributed by atoms with van der Waals surface area (Å²) in [6, 6.07) is 17.6. The molecule has 2 aromatic carbocycles. The van der Waals surface area contributed by atoms with Gasteiger partial charge in [-0.25, -0.2) is 4.79 Å². The zero-order valence-electron chi connectivity index (χ0n) is 16.2. The number of para-hydroxylation sites is 1.